The molecule has 11 heteroatoms. The number of pyridine rings is 1. The second kappa shape index (κ2) is 9.18. The normalized spacial score (nSPS) is 14.2. The summed E-state index contributed by atoms with van der Waals surface area (Å²) in [4.78, 5) is 40.1. The molecule has 2 aromatic heterocycles. The molecule has 1 aliphatic heterocycles. The van der Waals surface area contributed by atoms with Crippen LogP contribution in [0.1, 0.15) is 20.8 Å². The van der Waals surface area contributed by atoms with Gasteiger partial charge in [-0.15, -0.1) is 0 Å². The minimum Gasteiger partial charge on any atom is -0.443 e. The van der Waals surface area contributed by atoms with Crippen molar-refractivity contribution >= 4 is 34.3 Å². The second-order valence-electron chi connectivity index (χ2n) is 9.03. The Morgan fingerprint density at radius 1 is 1.15 bits per heavy atom. The average molecular weight is 466 g/mol. The standard InChI is InChI=1S/C23H27N7O4/c1-23(2,3)34-22(31)28(4)21-19(30(32)33)12-16(13-25-21)15-5-6-18-17(11-15)20(27-14-26-18)29-9-7-24-8-10-29/h5-6,11-14,24H,7-10H2,1-4H3. The van der Waals surface area contributed by atoms with Crippen LogP contribution in [0.15, 0.2) is 36.8 Å². The number of ether oxygens (including phenoxy) is 1. The zero-order valence-electron chi connectivity index (χ0n) is 19.6. The minimum absolute atomic E-state index is 0.0892. The first-order valence-corrected chi connectivity index (χ1v) is 11.0. The van der Waals surface area contributed by atoms with E-state index in [2.05, 4.69) is 25.2 Å². The number of nitrogens with zero attached hydrogens (tertiary/aromatic N) is 6. The number of hydrogen-bond acceptors (Lipinski definition) is 9. The minimum atomic E-state index is -0.741. The predicted octanol–water partition coefficient (Wildman–Crippen LogP) is 3.38. The molecule has 4 rings (SSSR count). The van der Waals surface area contributed by atoms with Gasteiger partial charge in [0.25, 0.3) is 0 Å². The molecule has 1 amide bonds. The Morgan fingerprint density at radius 2 is 1.88 bits per heavy atom. The Balaban J connectivity index is 1.73. The molecule has 1 saturated heterocycles. The summed E-state index contributed by atoms with van der Waals surface area (Å²) in [5.41, 5.74) is 1.04. The summed E-state index contributed by atoms with van der Waals surface area (Å²) in [5.74, 6) is 0.741. The topological polar surface area (TPSA) is 127 Å². The molecule has 178 valence electrons. The zero-order valence-corrected chi connectivity index (χ0v) is 19.6. The molecule has 34 heavy (non-hydrogen) atoms. The lowest BCUT2D eigenvalue weighted by Crippen LogP contribution is -2.44. The fraction of sp³-hybridized carbons (Fsp3) is 0.391. The number of anilines is 2. The largest absolute Gasteiger partial charge is 0.443 e. The van der Waals surface area contributed by atoms with Crippen LogP contribution in [-0.4, -0.2) is 64.8 Å². The number of nitro groups is 1. The van der Waals surface area contributed by atoms with Crippen LogP contribution >= 0.6 is 0 Å². The highest BCUT2D eigenvalue weighted by atomic mass is 16.6. The molecule has 3 aromatic rings. The number of hydrogen-bond donors (Lipinski definition) is 1. The molecule has 0 saturated carbocycles. The van der Waals surface area contributed by atoms with Gasteiger partial charge in [0.05, 0.1) is 10.4 Å². The maximum absolute atomic E-state index is 12.4. The van der Waals surface area contributed by atoms with E-state index in [1.54, 1.807) is 27.1 Å². The van der Waals surface area contributed by atoms with Crippen LogP contribution < -0.4 is 15.1 Å². The van der Waals surface area contributed by atoms with E-state index < -0.39 is 16.6 Å². The van der Waals surface area contributed by atoms with Crippen molar-refractivity contribution in [3.8, 4) is 11.1 Å². The summed E-state index contributed by atoms with van der Waals surface area (Å²) in [6.45, 7) is 8.57. The Labute approximate surface area is 196 Å². The van der Waals surface area contributed by atoms with Gasteiger partial charge in [-0.25, -0.2) is 19.7 Å². The Bertz CT molecular complexity index is 1240. The number of carbonyl (C=O) groups is 1. The van der Waals surface area contributed by atoms with Crippen LogP contribution in [0.2, 0.25) is 0 Å². The third-order valence-corrected chi connectivity index (χ3v) is 5.39. The molecule has 0 radical (unpaired) electrons. The van der Waals surface area contributed by atoms with E-state index in [4.69, 9.17) is 4.74 Å². The van der Waals surface area contributed by atoms with E-state index in [1.165, 1.54) is 19.3 Å². The smallest absolute Gasteiger partial charge is 0.415 e. The number of piperazine rings is 1. The van der Waals surface area contributed by atoms with Crippen molar-refractivity contribution in [1.29, 1.82) is 0 Å². The third-order valence-electron chi connectivity index (χ3n) is 5.39. The van der Waals surface area contributed by atoms with Crippen LogP contribution in [0, 0.1) is 10.1 Å². The van der Waals surface area contributed by atoms with E-state index in [0.717, 1.165) is 53.4 Å². The lowest BCUT2D eigenvalue weighted by atomic mass is 10.0. The van der Waals surface area contributed by atoms with Crippen molar-refractivity contribution in [2.24, 2.45) is 0 Å². The van der Waals surface area contributed by atoms with E-state index in [-0.39, 0.29) is 11.5 Å². The number of rotatable bonds is 4. The SMILES string of the molecule is CN(C(=O)OC(C)(C)C)c1ncc(-c2ccc3ncnc(N4CCNCC4)c3c2)cc1[N+](=O)[O-]. The van der Waals surface area contributed by atoms with Crippen LogP contribution in [0.3, 0.4) is 0 Å². The Hall–Kier alpha value is -3.86. The van der Waals surface area contributed by atoms with Gasteiger partial charge in [0, 0.05) is 56.4 Å². The Morgan fingerprint density at radius 3 is 2.56 bits per heavy atom. The number of fused-ring (bicyclic) bond motifs is 1. The van der Waals surface area contributed by atoms with Crippen molar-refractivity contribution in [2.45, 2.75) is 26.4 Å². The van der Waals surface area contributed by atoms with E-state index in [0.29, 0.717) is 5.56 Å². The molecule has 3 heterocycles. The zero-order chi connectivity index (χ0) is 24.5. The summed E-state index contributed by atoms with van der Waals surface area (Å²) in [5, 5.41) is 16.0. The Kier molecular flexibility index (Phi) is 6.29. The van der Waals surface area contributed by atoms with Gasteiger partial charge in [-0.1, -0.05) is 6.07 Å². The predicted molar refractivity (Wildman–Crippen MR) is 129 cm³/mol. The number of carbonyl (C=O) groups excluding carboxylic acids is 1. The van der Waals surface area contributed by atoms with Gasteiger partial charge in [-0.3, -0.25) is 15.0 Å². The summed E-state index contributed by atoms with van der Waals surface area (Å²) < 4.78 is 5.32. The van der Waals surface area contributed by atoms with E-state index in [9.17, 15) is 14.9 Å². The second-order valence-corrected chi connectivity index (χ2v) is 9.03. The summed E-state index contributed by atoms with van der Waals surface area (Å²) in [6.07, 6.45) is 2.34. The van der Waals surface area contributed by atoms with Gasteiger partial charge >= 0.3 is 11.8 Å². The quantitative estimate of drug-likeness (QED) is 0.456. The fourth-order valence-electron chi connectivity index (χ4n) is 3.76. The summed E-state index contributed by atoms with van der Waals surface area (Å²) >= 11 is 0. The van der Waals surface area contributed by atoms with Crippen molar-refractivity contribution < 1.29 is 14.5 Å². The maximum Gasteiger partial charge on any atom is 0.415 e. The van der Waals surface area contributed by atoms with Crippen LogP contribution in [0.25, 0.3) is 22.0 Å². The maximum atomic E-state index is 12.4. The number of nitrogens with one attached hydrogen (secondary N) is 1. The molecule has 0 unspecified atom stereocenters. The molecular weight excluding hydrogens is 438 g/mol. The highest BCUT2D eigenvalue weighted by Gasteiger charge is 2.28. The molecule has 0 atom stereocenters. The van der Waals surface area contributed by atoms with Crippen molar-refractivity contribution in [1.82, 2.24) is 20.3 Å². The highest BCUT2D eigenvalue weighted by molar-refractivity contribution is 5.94. The molecular formula is C23H27N7O4. The van der Waals surface area contributed by atoms with Crippen LogP contribution in [-0.2, 0) is 4.74 Å². The van der Waals surface area contributed by atoms with Gasteiger partial charge < -0.3 is 15.0 Å². The molecule has 1 fully saturated rings. The molecule has 1 aliphatic rings. The molecule has 0 aliphatic carbocycles. The average Bonchev–Trinajstić information content (AvgIpc) is 2.82. The molecule has 1 N–H and O–H groups in total. The first kappa shape index (κ1) is 23.3. The highest BCUT2D eigenvalue weighted by Crippen LogP contribution is 2.33. The number of amides is 1. The molecule has 1 aromatic carbocycles. The third kappa shape index (κ3) is 4.88. The summed E-state index contributed by atoms with van der Waals surface area (Å²) in [7, 11) is 1.40. The van der Waals surface area contributed by atoms with Crippen molar-refractivity contribution in [2.75, 3.05) is 43.0 Å². The van der Waals surface area contributed by atoms with Gasteiger partial charge in [-0.05, 0) is 38.5 Å². The van der Waals surface area contributed by atoms with Crippen molar-refractivity contribution in [3.05, 3.63) is 46.9 Å². The van der Waals surface area contributed by atoms with E-state index in [1.807, 2.05) is 18.2 Å². The van der Waals surface area contributed by atoms with Crippen molar-refractivity contribution in [3.63, 3.8) is 0 Å². The number of aromatic nitrogens is 3. The number of benzene rings is 1. The monoisotopic (exact) mass is 465 g/mol. The molecule has 0 bridgehead atoms. The lowest BCUT2D eigenvalue weighted by molar-refractivity contribution is -0.384. The molecule has 0 spiro atoms. The van der Waals surface area contributed by atoms with Gasteiger partial charge in [0.1, 0.15) is 17.7 Å². The molecule has 11 nitrogen and oxygen atoms in total. The first-order valence-electron chi connectivity index (χ1n) is 11.0. The summed E-state index contributed by atoms with van der Waals surface area (Å²) in [6, 6.07) is 7.04. The van der Waals surface area contributed by atoms with E-state index >= 15 is 0 Å². The fourth-order valence-corrected chi connectivity index (χ4v) is 3.76. The van der Waals surface area contributed by atoms with Gasteiger partial charge in [0.15, 0.2) is 0 Å². The lowest BCUT2D eigenvalue weighted by Gasteiger charge is -2.29. The first-order chi connectivity index (χ1) is 16.1. The van der Waals surface area contributed by atoms with Crippen LogP contribution in [0.4, 0.5) is 22.1 Å². The van der Waals surface area contributed by atoms with Gasteiger partial charge in [0.2, 0.25) is 5.82 Å². The van der Waals surface area contributed by atoms with Crippen LogP contribution in [0.5, 0.6) is 0 Å². The van der Waals surface area contributed by atoms with Gasteiger partial charge in [-0.2, -0.15) is 0 Å².